The molecule has 6 nitrogen and oxygen atoms in total. The smallest absolute Gasteiger partial charge is 0.325 e. The number of nitrogens with zero attached hydrogens (tertiary/aromatic N) is 1. The third-order valence-electron chi connectivity index (χ3n) is 1.47. The van der Waals surface area contributed by atoms with E-state index in [0.717, 1.165) is 0 Å². The van der Waals surface area contributed by atoms with Crippen LogP contribution in [0.2, 0.25) is 0 Å². The van der Waals surface area contributed by atoms with Crippen LogP contribution in [0.1, 0.15) is 12.8 Å². The van der Waals surface area contributed by atoms with E-state index in [1.165, 1.54) is 0 Å². The van der Waals surface area contributed by atoms with Gasteiger partial charge in [-0.15, -0.1) is 12.4 Å². The third-order valence-corrected chi connectivity index (χ3v) is 1.47. The number of carbonyl (C=O) groups is 1. The highest BCUT2D eigenvalue weighted by molar-refractivity contribution is 5.85. The van der Waals surface area contributed by atoms with Crippen LogP contribution in [0.3, 0.4) is 0 Å². The number of hydrogen-bond donors (Lipinski definition) is 3. The van der Waals surface area contributed by atoms with Crippen molar-refractivity contribution in [2.24, 2.45) is 22.2 Å². The van der Waals surface area contributed by atoms with E-state index in [1.807, 2.05) is 0 Å². The van der Waals surface area contributed by atoms with Crippen molar-refractivity contribution in [2.75, 3.05) is 13.4 Å². The van der Waals surface area contributed by atoms with E-state index in [2.05, 4.69) is 9.73 Å². The topological polar surface area (TPSA) is 117 Å². The lowest BCUT2D eigenvalue weighted by Gasteiger charge is -2.07. The predicted octanol–water partition coefficient (Wildman–Crippen LogP) is -0.741. The molecular weight excluding hydrogens is 227 g/mol. The molecule has 0 aromatic rings. The fourth-order valence-corrected chi connectivity index (χ4v) is 0.798. The molecule has 0 fully saturated rings. The van der Waals surface area contributed by atoms with Gasteiger partial charge in [0.2, 0.25) is 6.86 Å². The van der Waals surface area contributed by atoms with Crippen LogP contribution in [0.25, 0.3) is 0 Å². The lowest BCUT2D eigenvalue weighted by Crippen LogP contribution is -2.32. The first-order valence-electron chi connectivity index (χ1n) is 4.11. The Hall–Kier alpha value is -1.08. The maximum Gasteiger partial charge on any atom is 0.325 e. The Morgan fingerprint density at radius 2 is 2.07 bits per heavy atom. The molecule has 0 aliphatic heterocycles. The summed E-state index contributed by atoms with van der Waals surface area (Å²) in [4.78, 5) is 14.5. The molecule has 8 heteroatoms. The molecule has 0 aliphatic rings. The molecule has 0 amide bonds. The van der Waals surface area contributed by atoms with Crippen molar-refractivity contribution >= 4 is 24.3 Å². The summed E-state index contributed by atoms with van der Waals surface area (Å²) in [6.45, 7) is -0.765. The molecule has 0 aliphatic carbocycles. The third kappa shape index (κ3) is 9.23. The van der Waals surface area contributed by atoms with Crippen LogP contribution in [0.4, 0.5) is 4.39 Å². The molecule has 0 rings (SSSR count). The maximum absolute atomic E-state index is 11.5. The van der Waals surface area contributed by atoms with Gasteiger partial charge in [-0.05, 0) is 12.8 Å². The van der Waals surface area contributed by atoms with Gasteiger partial charge in [0, 0.05) is 6.54 Å². The van der Waals surface area contributed by atoms with Gasteiger partial charge in [-0.1, -0.05) is 0 Å². The summed E-state index contributed by atoms with van der Waals surface area (Å²) in [5.41, 5.74) is 15.5. The number of aliphatic imine (C=N–C) groups is 1. The van der Waals surface area contributed by atoms with Crippen LogP contribution in [0.15, 0.2) is 4.99 Å². The quantitative estimate of drug-likeness (QED) is 0.245. The van der Waals surface area contributed by atoms with Gasteiger partial charge in [0.25, 0.3) is 0 Å². The van der Waals surface area contributed by atoms with E-state index in [1.54, 1.807) is 0 Å². The molecule has 0 aromatic carbocycles. The first-order chi connectivity index (χ1) is 6.57. The zero-order valence-corrected chi connectivity index (χ0v) is 9.00. The van der Waals surface area contributed by atoms with E-state index >= 15 is 0 Å². The number of rotatable bonds is 6. The Labute approximate surface area is 93.4 Å². The second-order valence-electron chi connectivity index (χ2n) is 2.63. The Morgan fingerprint density at radius 1 is 1.47 bits per heavy atom. The summed E-state index contributed by atoms with van der Waals surface area (Å²) >= 11 is 0. The van der Waals surface area contributed by atoms with Gasteiger partial charge < -0.3 is 21.9 Å². The van der Waals surface area contributed by atoms with Crippen molar-refractivity contribution in [3.63, 3.8) is 0 Å². The van der Waals surface area contributed by atoms with Crippen molar-refractivity contribution in [1.29, 1.82) is 0 Å². The molecule has 90 valence electrons. The van der Waals surface area contributed by atoms with Crippen LogP contribution < -0.4 is 17.2 Å². The summed E-state index contributed by atoms with van der Waals surface area (Å²) in [5.74, 6) is -0.762. The van der Waals surface area contributed by atoms with Gasteiger partial charge >= 0.3 is 5.97 Å². The second kappa shape index (κ2) is 9.47. The maximum atomic E-state index is 11.5. The standard InChI is InChI=1S/C7H15FN4O2.ClH/c8-4-14-6(13)5(9)2-1-3-12-7(10)11;/h5H,1-4,9H2,(H4,10,11,12);1H/t5-;/m0./s1. The molecule has 0 aromatic heterocycles. The monoisotopic (exact) mass is 242 g/mol. The molecule has 0 saturated carbocycles. The zero-order valence-electron chi connectivity index (χ0n) is 8.19. The predicted molar refractivity (Wildman–Crippen MR) is 57.2 cm³/mol. The average Bonchev–Trinajstić information content (AvgIpc) is 2.12. The van der Waals surface area contributed by atoms with Crippen molar-refractivity contribution in [1.82, 2.24) is 0 Å². The molecule has 0 unspecified atom stereocenters. The fourth-order valence-electron chi connectivity index (χ4n) is 0.798. The Bertz CT molecular complexity index is 211. The lowest BCUT2D eigenvalue weighted by atomic mass is 10.2. The SMILES string of the molecule is Cl.NC(N)=NCCC[C@H](N)C(=O)OCF. The number of esters is 1. The number of guanidine groups is 1. The number of alkyl halides is 1. The lowest BCUT2D eigenvalue weighted by molar-refractivity contribution is -0.149. The highest BCUT2D eigenvalue weighted by Gasteiger charge is 2.13. The van der Waals surface area contributed by atoms with Crippen LogP contribution in [0.5, 0.6) is 0 Å². The summed E-state index contributed by atoms with van der Waals surface area (Å²) in [6, 6.07) is -0.819. The molecule has 0 radical (unpaired) electrons. The average molecular weight is 243 g/mol. The Balaban J connectivity index is 0. The largest absolute Gasteiger partial charge is 0.433 e. The number of hydrogen-bond acceptors (Lipinski definition) is 4. The van der Waals surface area contributed by atoms with E-state index in [4.69, 9.17) is 17.2 Å². The molecule has 0 heterocycles. The van der Waals surface area contributed by atoms with Gasteiger partial charge in [0.1, 0.15) is 6.04 Å². The summed E-state index contributed by atoms with van der Waals surface area (Å²) < 4.78 is 15.6. The normalized spacial score (nSPS) is 11.1. The van der Waals surface area contributed by atoms with Crippen LogP contribution in [0, 0.1) is 0 Å². The molecule has 6 N–H and O–H groups in total. The highest BCUT2D eigenvalue weighted by atomic mass is 35.5. The minimum absolute atomic E-state index is 0. The van der Waals surface area contributed by atoms with Crippen LogP contribution >= 0.6 is 12.4 Å². The van der Waals surface area contributed by atoms with Crippen LogP contribution in [-0.4, -0.2) is 31.4 Å². The number of halogens is 2. The summed E-state index contributed by atoms with van der Waals surface area (Å²) in [7, 11) is 0. The summed E-state index contributed by atoms with van der Waals surface area (Å²) in [5, 5.41) is 0. The number of carbonyl (C=O) groups excluding carboxylic acids is 1. The van der Waals surface area contributed by atoms with Crippen molar-refractivity contribution in [3.05, 3.63) is 0 Å². The minimum atomic E-state index is -1.15. The fraction of sp³-hybridized carbons (Fsp3) is 0.714. The summed E-state index contributed by atoms with van der Waals surface area (Å²) in [6.07, 6.45) is 0.899. The van der Waals surface area contributed by atoms with E-state index in [0.29, 0.717) is 19.4 Å². The van der Waals surface area contributed by atoms with Gasteiger partial charge in [-0.2, -0.15) is 0 Å². The van der Waals surface area contributed by atoms with Gasteiger partial charge in [-0.3, -0.25) is 9.79 Å². The molecule has 0 saturated heterocycles. The van der Waals surface area contributed by atoms with Crippen molar-refractivity contribution in [3.8, 4) is 0 Å². The van der Waals surface area contributed by atoms with Gasteiger partial charge in [-0.25, -0.2) is 4.39 Å². The van der Waals surface area contributed by atoms with Gasteiger partial charge in [0.05, 0.1) is 0 Å². The molecule has 15 heavy (non-hydrogen) atoms. The first kappa shape index (κ1) is 16.4. The highest BCUT2D eigenvalue weighted by Crippen LogP contribution is 1.97. The molecule has 0 spiro atoms. The van der Waals surface area contributed by atoms with Crippen molar-refractivity contribution < 1.29 is 13.9 Å². The number of ether oxygens (including phenoxy) is 1. The van der Waals surface area contributed by atoms with Gasteiger partial charge in [0.15, 0.2) is 5.96 Å². The first-order valence-corrected chi connectivity index (χ1v) is 4.11. The van der Waals surface area contributed by atoms with Crippen molar-refractivity contribution in [2.45, 2.75) is 18.9 Å². The number of nitrogens with two attached hydrogens (primary N) is 3. The molecule has 0 bridgehead atoms. The minimum Gasteiger partial charge on any atom is -0.433 e. The van der Waals surface area contributed by atoms with E-state index < -0.39 is 18.9 Å². The Morgan fingerprint density at radius 3 is 2.53 bits per heavy atom. The Kier molecular flexibility index (Phi) is 10.3. The zero-order chi connectivity index (χ0) is 11.0. The van der Waals surface area contributed by atoms with E-state index in [9.17, 15) is 9.18 Å². The molecular formula is C7H16ClFN4O2. The second-order valence-corrected chi connectivity index (χ2v) is 2.63. The van der Waals surface area contributed by atoms with Crippen LogP contribution in [-0.2, 0) is 9.53 Å². The molecule has 1 atom stereocenters. The van der Waals surface area contributed by atoms with E-state index in [-0.39, 0.29) is 18.4 Å².